The molecule has 0 radical (unpaired) electrons. The fourth-order valence-corrected chi connectivity index (χ4v) is 1.93. The molecule has 1 aromatic heterocycles. The molecule has 1 amide bonds. The summed E-state index contributed by atoms with van der Waals surface area (Å²) in [5.74, 6) is 0.953. The molecule has 2 aromatic rings. The van der Waals surface area contributed by atoms with Gasteiger partial charge in [-0.3, -0.25) is 4.79 Å². The van der Waals surface area contributed by atoms with Gasteiger partial charge < -0.3 is 10.6 Å². The zero-order chi connectivity index (χ0) is 15.9. The number of nitrogens with one attached hydrogen (secondary N) is 2. The number of amides is 1. The third kappa shape index (κ3) is 4.60. The number of carbonyl (C=O) groups excluding carboxylic acids is 1. The van der Waals surface area contributed by atoms with Gasteiger partial charge in [0.25, 0.3) is 0 Å². The summed E-state index contributed by atoms with van der Waals surface area (Å²) in [4.78, 5) is 15.9. The summed E-state index contributed by atoms with van der Waals surface area (Å²) in [6.45, 7) is 4.02. The number of aromatic nitrogens is 1. The Labute approximate surface area is 130 Å². The molecule has 22 heavy (non-hydrogen) atoms. The van der Waals surface area contributed by atoms with Crippen molar-refractivity contribution in [2.75, 3.05) is 10.6 Å². The van der Waals surface area contributed by atoms with Crippen LogP contribution >= 0.6 is 0 Å². The molecule has 1 heterocycles. The molecule has 0 saturated heterocycles. The van der Waals surface area contributed by atoms with Crippen molar-refractivity contribution in [3.63, 3.8) is 0 Å². The van der Waals surface area contributed by atoms with E-state index in [1.165, 1.54) is 0 Å². The molecule has 112 valence electrons. The van der Waals surface area contributed by atoms with Crippen LogP contribution in [0.5, 0.6) is 0 Å². The van der Waals surface area contributed by atoms with Gasteiger partial charge in [0.1, 0.15) is 17.6 Å². The van der Waals surface area contributed by atoms with Gasteiger partial charge in [-0.05, 0) is 42.3 Å². The summed E-state index contributed by atoms with van der Waals surface area (Å²) in [5.41, 5.74) is 1.96. The smallest absolute Gasteiger partial charge is 0.224 e. The quantitative estimate of drug-likeness (QED) is 0.881. The number of nitriles is 1. The van der Waals surface area contributed by atoms with Crippen molar-refractivity contribution in [3.05, 3.63) is 48.2 Å². The Kier molecular flexibility index (Phi) is 5.10. The van der Waals surface area contributed by atoms with Crippen LogP contribution in [0, 0.1) is 17.2 Å². The van der Waals surface area contributed by atoms with Gasteiger partial charge in [-0.1, -0.05) is 19.9 Å². The molecule has 0 aliphatic carbocycles. The standard InChI is InChI=1S/C17H18N4O/c1-12(2)10-17(22)21-14-8-6-13(7-9-14)19-16-5-3-4-15(11-18)20-16/h3-9,12H,10H2,1-2H3,(H,19,20)(H,21,22). The summed E-state index contributed by atoms with van der Waals surface area (Å²) in [5, 5.41) is 14.8. The number of rotatable bonds is 5. The van der Waals surface area contributed by atoms with E-state index in [0.29, 0.717) is 23.9 Å². The average molecular weight is 294 g/mol. The van der Waals surface area contributed by atoms with Crippen LogP contribution in [0.1, 0.15) is 26.0 Å². The third-order valence-electron chi connectivity index (χ3n) is 2.90. The molecule has 2 N–H and O–H groups in total. The van der Waals surface area contributed by atoms with Gasteiger partial charge in [0.15, 0.2) is 0 Å². The van der Waals surface area contributed by atoms with Gasteiger partial charge in [0.05, 0.1) is 0 Å². The minimum atomic E-state index is 0.0131. The van der Waals surface area contributed by atoms with Crippen LogP contribution in [0.15, 0.2) is 42.5 Å². The molecule has 0 saturated carbocycles. The minimum Gasteiger partial charge on any atom is -0.340 e. The van der Waals surface area contributed by atoms with E-state index in [1.807, 2.05) is 44.2 Å². The van der Waals surface area contributed by atoms with E-state index in [2.05, 4.69) is 15.6 Å². The van der Waals surface area contributed by atoms with Crippen molar-refractivity contribution in [3.8, 4) is 6.07 Å². The van der Waals surface area contributed by atoms with Crippen LogP contribution in [0.3, 0.4) is 0 Å². The molecule has 0 atom stereocenters. The first-order chi connectivity index (χ1) is 10.6. The Morgan fingerprint density at radius 1 is 1.18 bits per heavy atom. The predicted molar refractivity (Wildman–Crippen MR) is 86.8 cm³/mol. The maximum Gasteiger partial charge on any atom is 0.224 e. The van der Waals surface area contributed by atoms with Crippen LogP contribution in [0.2, 0.25) is 0 Å². The predicted octanol–water partition coefficient (Wildman–Crippen LogP) is 3.68. The fraction of sp³-hybridized carbons (Fsp3) is 0.235. The molecule has 0 unspecified atom stereocenters. The minimum absolute atomic E-state index is 0.0131. The lowest BCUT2D eigenvalue weighted by Gasteiger charge is -2.09. The van der Waals surface area contributed by atoms with Gasteiger partial charge in [-0.25, -0.2) is 4.98 Å². The summed E-state index contributed by atoms with van der Waals surface area (Å²) >= 11 is 0. The molecule has 0 fully saturated rings. The normalized spacial score (nSPS) is 10.1. The topological polar surface area (TPSA) is 77.8 Å². The first-order valence-electron chi connectivity index (χ1n) is 7.11. The SMILES string of the molecule is CC(C)CC(=O)Nc1ccc(Nc2cccc(C#N)n2)cc1. The second-order valence-electron chi connectivity index (χ2n) is 5.37. The second kappa shape index (κ2) is 7.23. The number of hydrogen-bond donors (Lipinski definition) is 2. The lowest BCUT2D eigenvalue weighted by molar-refractivity contribution is -0.116. The van der Waals surface area contributed by atoms with Gasteiger partial charge >= 0.3 is 0 Å². The van der Waals surface area contributed by atoms with Gasteiger partial charge in [0, 0.05) is 17.8 Å². The molecule has 2 rings (SSSR count). The maximum absolute atomic E-state index is 11.7. The number of benzene rings is 1. The van der Waals surface area contributed by atoms with E-state index in [1.54, 1.807) is 18.2 Å². The Balaban J connectivity index is 2.00. The molecule has 0 aliphatic rings. The lowest BCUT2D eigenvalue weighted by atomic mass is 10.1. The molecule has 0 spiro atoms. The molecule has 0 bridgehead atoms. The zero-order valence-corrected chi connectivity index (χ0v) is 12.6. The highest BCUT2D eigenvalue weighted by molar-refractivity contribution is 5.91. The average Bonchev–Trinajstić information content (AvgIpc) is 2.48. The van der Waals surface area contributed by atoms with Gasteiger partial charge in [-0.15, -0.1) is 0 Å². The highest BCUT2D eigenvalue weighted by Crippen LogP contribution is 2.18. The number of hydrogen-bond acceptors (Lipinski definition) is 4. The second-order valence-corrected chi connectivity index (χ2v) is 5.37. The first kappa shape index (κ1) is 15.5. The molecule has 5 nitrogen and oxygen atoms in total. The van der Waals surface area contributed by atoms with Crippen molar-refractivity contribution in [2.24, 2.45) is 5.92 Å². The van der Waals surface area contributed by atoms with Crippen LogP contribution in [0.25, 0.3) is 0 Å². The summed E-state index contributed by atoms with van der Waals surface area (Å²) in [6.07, 6.45) is 0.505. The van der Waals surface area contributed by atoms with Crippen LogP contribution in [0.4, 0.5) is 17.2 Å². The van der Waals surface area contributed by atoms with Crippen molar-refractivity contribution >= 4 is 23.1 Å². The highest BCUT2D eigenvalue weighted by atomic mass is 16.1. The zero-order valence-electron chi connectivity index (χ0n) is 12.6. The first-order valence-corrected chi connectivity index (χ1v) is 7.11. The molecule has 5 heteroatoms. The monoisotopic (exact) mass is 294 g/mol. The van der Waals surface area contributed by atoms with Crippen molar-refractivity contribution in [1.82, 2.24) is 4.98 Å². The largest absolute Gasteiger partial charge is 0.340 e. The van der Waals surface area contributed by atoms with E-state index < -0.39 is 0 Å². The fourth-order valence-electron chi connectivity index (χ4n) is 1.93. The van der Waals surface area contributed by atoms with Crippen LogP contribution in [-0.2, 0) is 4.79 Å². The van der Waals surface area contributed by atoms with Crippen molar-refractivity contribution < 1.29 is 4.79 Å². The third-order valence-corrected chi connectivity index (χ3v) is 2.90. The highest BCUT2D eigenvalue weighted by Gasteiger charge is 2.05. The number of carbonyl (C=O) groups is 1. The number of pyridine rings is 1. The summed E-state index contributed by atoms with van der Waals surface area (Å²) < 4.78 is 0. The maximum atomic E-state index is 11.7. The lowest BCUT2D eigenvalue weighted by Crippen LogP contribution is -2.13. The van der Waals surface area contributed by atoms with Crippen molar-refractivity contribution in [1.29, 1.82) is 5.26 Å². The molecular formula is C17H18N4O. The molecule has 0 aliphatic heterocycles. The van der Waals surface area contributed by atoms with Gasteiger partial charge in [-0.2, -0.15) is 5.26 Å². The Morgan fingerprint density at radius 3 is 2.50 bits per heavy atom. The van der Waals surface area contributed by atoms with Crippen molar-refractivity contribution in [2.45, 2.75) is 20.3 Å². The number of nitrogens with zero attached hydrogens (tertiary/aromatic N) is 2. The molecular weight excluding hydrogens is 276 g/mol. The van der Waals surface area contributed by atoms with Crippen LogP contribution < -0.4 is 10.6 Å². The van der Waals surface area contributed by atoms with E-state index in [4.69, 9.17) is 5.26 Å². The van der Waals surface area contributed by atoms with E-state index >= 15 is 0 Å². The molecule has 1 aromatic carbocycles. The van der Waals surface area contributed by atoms with E-state index in [9.17, 15) is 4.79 Å². The Bertz CT molecular complexity index is 687. The number of anilines is 3. The summed E-state index contributed by atoms with van der Waals surface area (Å²) in [7, 11) is 0. The van der Waals surface area contributed by atoms with E-state index in [-0.39, 0.29) is 5.91 Å². The summed E-state index contributed by atoms with van der Waals surface area (Å²) in [6, 6.07) is 14.6. The Hall–Kier alpha value is -2.87. The van der Waals surface area contributed by atoms with Gasteiger partial charge in [0.2, 0.25) is 5.91 Å². The Morgan fingerprint density at radius 2 is 1.86 bits per heavy atom. The van der Waals surface area contributed by atoms with Crippen LogP contribution in [-0.4, -0.2) is 10.9 Å². The van der Waals surface area contributed by atoms with E-state index in [0.717, 1.165) is 11.4 Å².